The number of hydrogen-bond acceptors (Lipinski definition) is 4. The first-order chi connectivity index (χ1) is 9.95. The van der Waals surface area contributed by atoms with E-state index < -0.39 is 10.9 Å². The van der Waals surface area contributed by atoms with Gasteiger partial charge in [-0.15, -0.1) is 0 Å². The molecule has 0 fully saturated rings. The van der Waals surface area contributed by atoms with E-state index in [0.717, 1.165) is 8.47 Å². The van der Waals surface area contributed by atoms with Crippen molar-refractivity contribution in [1.29, 1.82) is 0 Å². The molecule has 0 saturated carbocycles. The minimum absolute atomic E-state index is 0.0719. The molecule has 0 aliphatic heterocycles. The average molecular weight is 415 g/mol. The molecule has 0 bridgehead atoms. The summed E-state index contributed by atoms with van der Waals surface area (Å²) in [6.45, 7) is 0. The van der Waals surface area contributed by atoms with Crippen LogP contribution in [0.3, 0.4) is 0 Å². The molecule has 1 N–H and O–H groups in total. The zero-order chi connectivity index (χ0) is 15.4. The van der Waals surface area contributed by atoms with Gasteiger partial charge in [0.15, 0.2) is 0 Å². The summed E-state index contributed by atoms with van der Waals surface area (Å²) in [5.41, 5.74) is 0.346. The number of nitro benzene ring substituents is 1. The second-order valence-electron chi connectivity index (χ2n) is 4.19. The summed E-state index contributed by atoms with van der Waals surface area (Å²) in [5, 5.41) is 19.9. The Morgan fingerprint density at radius 1 is 1.24 bits per heavy atom. The fraction of sp³-hybridized carbons (Fsp3) is 0.0714. The van der Waals surface area contributed by atoms with Crippen molar-refractivity contribution in [2.45, 2.75) is 16.2 Å². The van der Waals surface area contributed by atoms with Gasteiger partial charge in [0.05, 0.1) is 16.2 Å². The van der Waals surface area contributed by atoms with Crippen LogP contribution in [0.5, 0.6) is 0 Å². The standard InChI is InChI=1S/C14H10INO4S/c15-10-2-4-11(5-3-10)21-13-6-1-9(8-14(17)18)7-12(13)16(19)20/h1-7H,8H2,(H,17,18). The number of hydrogen-bond donors (Lipinski definition) is 1. The lowest BCUT2D eigenvalue weighted by Gasteiger charge is -2.05. The highest BCUT2D eigenvalue weighted by molar-refractivity contribution is 14.1. The predicted octanol–water partition coefficient (Wildman–Crippen LogP) is 3.98. The molecule has 0 aromatic heterocycles. The summed E-state index contributed by atoms with van der Waals surface area (Å²) in [6, 6.07) is 12.2. The van der Waals surface area contributed by atoms with E-state index in [4.69, 9.17) is 5.11 Å². The first-order valence-corrected chi connectivity index (χ1v) is 7.78. The number of nitro groups is 1. The summed E-state index contributed by atoms with van der Waals surface area (Å²) in [4.78, 5) is 22.7. The molecule has 0 heterocycles. The van der Waals surface area contributed by atoms with Crippen molar-refractivity contribution in [2.24, 2.45) is 0 Å². The molecule has 2 rings (SSSR count). The highest BCUT2D eigenvalue weighted by atomic mass is 127. The van der Waals surface area contributed by atoms with Crippen molar-refractivity contribution in [3.05, 3.63) is 61.7 Å². The van der Waals surface area contributed by atoms with Crippen LogP contribution in [0.25, 0.3) is 0 Å². The molecule has 0 radical (unpaired) electrons. The number of carbonyl (C=O) groups is 1. The van der Waals surface area contributed by atoms with E-state index >= 15 is 0 Å². The van der Waals surface area contributed by atoms with Crippen molar-refractivity contribution in [1.82, 2.24) is 0 Å². The van der Waals surface area contributed by atoms with Crippen molar-refractivity contribution in [3.8, 4) is 0 Å². The van der Waals surface area contributed by atoms with Crippen molar-refractivity contribution < 1.29 is 14.8 Å². The van der Waals surface area contributed by atoms with E-state index in [1.54, 1.807) is 12.1 Å². The van der Waals surface area contributed by atoms with Gasteiger partial charge in [-0.05, 0) is 58.5 Å². The van der Waals surface area contributed by atoms with Gasteiger partial charge < -0.3 is 5.11 Å². The molecular formula is C14H10INO4S. The van der Waals surface area contributed by atoms with Crippen molar-refractivity contribution in [3.63, 3.8) is 0 Å². The lowest BCUT2D eigenvalue weighted by atomic mass is 10.1. The lowest BCUT2D eigenvalue weighted by Crippen LogP contribution is -2.01. The molecule has 21 heavy (non-hydrogen) atoms. The molecule has 2 aromatic rings. The van der Waals surface area contributed by atoms with E-state index in [0.29, 0.717) is 10.5 Å². The van der Waals surface area contributed by atoms with Gasteiger partial charge in [0.2, 0.25) is 0 Å². The zero-order valence-corrected chi connectivity index (χ0v) is 13.6. The number of halogens is 1. The highest BCUT2D eigenvalue weighted by Gasteiger charge is 2.16. The van der Waals surface area contributed by atoms with E-state index in [9.17, 15) is 14.9 Å². The van der Waals surface area contributed by atoms with Crippen LogP contribution in [0.4, 0.5) is 5.69 Å². The van der Waals surface area contributed by atoms with Gasteiger partial charge in [0.25, 0.3) is 5.69 Å². The highest BCUT2D eigenvalue weighted by Crippen LogP contribution is 2.35. The Bertz CT molecular complexity index is 688. The van der Waals surface area contributed by atoms with Gasteiger partial charge in [0.1, 0.15) is 0 Å². The minimum Gasteiger partial charge on any atom is -0.481 e. The average Bonchev–Trinajstić information content (AvgIpc) is 2.42. The third kappa shape index (κ3) is 4.43. The molecule has 0 atom stereocenters. The normalized spacial score (nSPS) is 10.3. The Morgan fingerprint density at radius 3 is 2.48 bits per heavy atom. The van der Waals surface area contributed by atoms with E-state index in [1.807, 2.05) is 24.3 Å². The first-order valence-electron chi connectivity index (χ1n) is 5.88. The van der Waals surface area contributed by atoms with Crippen molar-refractivity contribution in [2.75, 3.05) is 0 Å². The van der Waals surface area contributed by atoms with Crippen LogP contribution in [0.1, 0.15) is 5.56 Å². The van der Waals surface area contributed by atoms with Crippen LogP contribution in [-0.2, 0) is 11.2 Å². The van der Waals surface area contributed by atoms with Gasteiger partial charge in [-0.3, -0.25) is 14.9 Å². The number of carboxylic acids is 1. The number of aliphatic carboxylic acids is 1. The zero-order valence-electron chi connectivity index (χ0n) is 10.7. The number of rotatable bonds is 5. The van der Waals surface area contributed by atoms with E-state index in [2.05, 4.69) is 22.6 Å². The number of nitrogens with zero attached hydrogens (tertiary/aromatic N) is 1. The first kappa shape index (κ1) is 15.8. The van der Waals surface area contributed by atoms with Crippen LogP contribution >= 0.6 is 34.4 Å². The molecule has 0 aliphatic rings. The van der Waals surface area contributed by atoms with Crippen LogP contribution in [0.15, 0.2) is 52.3 Å². The maximum Gasteiger partial charge on any atom is 0.307 e. The molecule has 0 aliphatic carbocycles. The maximum atomic E-state index is 11.1. The third-order valence-corrected chi connectivity index (χ3v) is 4.41. The minimum atomic E-state index is -1.01. The van der Waals surface area contributed by atoms with Gasteiger partial charge in [-0.1, -0.05) is 17.8 Å². The molecule has 108 valence electrons. The van der Waals surface area contributed by atoms with Crippen LogP contribution < -0.4 is 0 Å². The fourth-order valence-corrected chi connectivity index (χ4v) is 2.97. The van der Waals surface area contributed by atoms with Crippen LogP contribution in [-0.4, -0.2) is 16.0 Å². The Balaban J connectivity index is 2.32. The molecule has 0 spiro atoms. The summed E-state index contributed by atoms with van der Waals surface area (Å²) in [7, 11) is 0. The fourth-order valence-electron chi connectivity index (χ4n) is 1.71. The summed E-state index contributed by atoms with van der Waals surface area (Å²) >= 11 is 3.47. The molecule has 7 heteroatoms. The summed E-state index contributed by atoms with van der Waals surface area (Å²) < 4.78 is 1.09. The second kappa shape index (κ2) is 6.90. The molecule has 5 nitrogen and oxygen atoms in total. The van der Waals surface area contributed by atoms with E-state index in [1.165, 1.54) is 17.8 Å². The smallest absolute Gasteiger partial charge is 0.307 e. The third-order valence-electron chi connectivity index (χ3n) is 2.62. The van der Waals surface area contributed by atoms with Gasteiger partial charge in [-0.2, -0.15) is 0 Å². The van der Waals surface area contributed by atoms with Gasteiger partial charge in [0, 0.05) is 14.5 Å². The molecule has 2 aromatic carbocycles. The Hall–Kier alpha value is -1.61. The monoisotopic (exact) mass is 415 g/mol. The van der Waals surface area contributed by atoms with Crippen LogP contribution in [0.2, 0.25) is 0 Å². The Morgan fingerprint density at radius 2 is 1.90 bits per heavy atom. The Labute approximate surface area is 138 Å². The van der Waals surface area contributed by atoms with Crippen molar-refractivity contribution >= 4 is 46.0 Å². The summed E-state index contributed by atoms with van der Waals surface area (Å²) in [5.74, 6) is -1.01. The summed E-state index contributed by atoms with van der Waals surface area (Å²) in [6.07, 6.45) is -0.227. The molecule has 0 amide bonds. The quantitative estimate of drug-likeness (QED) is 0.454. The number of benzene rings is 2. The van der Waals surface area contributed by atoms with Gasteiger partial charge in [-0.25, -0.2) is 0 Å². The second-order valence-corrected chi connectivity index (χ2v) is 6.55. The molecule has 0 unspecified atom stereocenters. The number of carboxylic acid groups (broad SMARTS) is 1. The lowest BCUT2D eigenvalue weighted by molar-refractivity contribution is -0.387. The largest absolute Gasteiger partial charge is 0.481 e. The van der Waals surface area contributed by atoms with Gasteiger partial charge >= 0.3 is 5.97 Å². The topological polar surface area (TPSA) is 80.4 Å². The SMILES string of the molecule is O=C(O)Cc1ccc(Sc2ccc(I)cc2)c([N+](=O)[O-])c1. The van der Waals surface area contributed by atoms with Crippen LogP contribution in [0, 0.1) is 13.7 Å². The van der Waals surface area contributed by atoms with E-state index in [-0.39, 0.29) is 12.1 Å². The predicted molar refractivity (Wildman–Crippen MR) is 87.7 cm³/mol. The molecule has 0 saturated heterocycles. The maximum absolute atomic E-state index is 11.1. The Kier molecular flexibility index (Phi) is 5.18. The molecular weight excluding hydrogens is 405 g/mol.